The van der Waals surface area contributed by atoms with Crippen molar-refractivity contribution < 1.29 is 19.1 Å². The van der Waals surface area contributed by atoms with Crippen LogP contribution in [0.25, 0.3) is 0 Å². The van der Waals surface area contributed by atoms with Crippen molar-refractivity contribution in [3.8, 4) is 5.75 Å². The third-order valence-corrected chi connectivity index (χ3v) is 4.39. The highest BCUT2D eigenvalue weighted by atomic mass is 79.9. The monoisotopic (exact) mass is 487 g/mol. The lowest BCUT2D eigenvalue weighted by Gasteiger charge is -2.09. The van der Waals surface area contributed by atoms with Crippen LogP contribution in [-0.2, 0) is 14.4 Å². The van der Waals surface area contributed by atoms with Crippen LogP contribution < -0.4 is 20.9 Å². The van der Waals surface area contributed by atoms with Crippen LogP contribution >= 0.6 is 39.1 Å². The van der Waals surface area contributed by atoms with Gasteiger partial charge in [0.1, 0.15) is 5.75 Å². The summed E-state index contributed by atoms with van der Waals surface area (Å²) in [6, 6.07) is 11.6. The average molecular weight is 489 g/mol. The van der Waals surface area contributed by atoms with E-state index < -0.39 is 17.7 Å². The third kappa shape index (κ3) is 7.75. The fourth-order valence-electron chi connectivity index (χ4n) is 1.95. The second kappa shape index (κ2) is 10.9. The summed E-state index contributed by atoms with van der Waals surface area (Å²) in [5.74, 6) is -0.936. The fraction of sp³-hybridized carbons (Fsp3) is 0.167. The van der Waals surface area contributed by atoms with Gasteiger partial charge in [-0.05, 0) is 42.5 Å². The lowest BCUT2D eigenvalue weighted by atomic mass is 10.2. The van der Waals surface area contributed by atoms with Crippen molar-refractivity contribution in [2.75, 3.05) is 11.9 Å². The summed E-state index contributed by atoms with van der Waals surface area (Å²) >= 11 is 15.0. The number of amides is 3. The van der Waals surface area contributed by atoms with Crippen molar-refractivity contribution in [2.24, 2.45) is 0 Å². The van der Waals surface area contributed by atoms with Gasteiger partial charge in [0.05, 0.1) is 10.7 Å². The van der Waals surface area contributed by atoms with Gasteiger partial charge in [0.15, 0.2) is 6.61 Å². The molecule has 0 radical (unpaired) electrons. The van der Waals surface area contributed by atoms with E-state index in [1.54, 1.807) is 36.4 Å². The smallest absolute Gasteiger partial charge is 0.276 e. The molecule has 0 atom stereocenters. The maximum Gasteiger partial charge on any atom is 0.276 e. The van der Waals surface area contributed by atoms with Crippen LogP contribution in [0.2, 0.25) is 10.0 Å². The van der Waals surface area contributed by atoms with Crippen LogP contribution in [0, 0.1) is 0 Å². The summed E-state index contributed by atoms with van der Waals surface area (Å²) < 4.78 is 6.16. The van der Waals surface area contributed by atoms with Gasteiger partial charge < -0.3 is 10.1 Å². The summed E-state index contributed by atoms with van der Waals surface area (Å²) in [5, 5.41) is 3.32. The first-order valence-corrected chi connectivity index (χ1v) is 9.59. The highest BCUT2D eigenvalue weighted by Crippen LogP contribution is 2.25. The van der Waals surface area contributed by atoms with E-state index in [1.165, 1.54) is 6.07 Å². The standard InChI is InChI=1S/C18H16BrCl2N3O4/c19-11-1-4-13(5-2-11)28-10-18(27)24-23-17(26)8-7-16(25)22-15-6-3-12(20)9-14(15)21/h1-6,9H,7-8,10H2,(H,22,25)(H,23,26)(H,24,27). The lowest BCUT2D eigenvalue weighted by Crippen LogP contribution is -2.44. The van der Waals surface area contributed by atoms with Gasteiger partial charge in [-0.15, -0.1) is 0 Å². The lowest BCUT2D eigenvalue weighted by molar-refractivity contribution is -0.130. The number of hydrazine groups is 1. The number of hydrogen-bond donors (Lipinski definition) is 3. The van der Waals surface area contributed by atoms with Crippen LogP contribution in [0.1, 0.15) is 12.8 Å². The summed E-state index contributed by atoms with van der Waals surface area (Å²) in [5.41, 5.74) is 4.83. The molecule has 0 aromatic heterocycles. The van der Waals surface area contributed by atoms with E-state index in [4.69, 9.17) is 27.9 Å². The Kier molecular flexibility index (Phi) is 8.56. The van der Waals surface area contributed by atoms with Gasteiger partial charge in [0.2, 0.25) is 11.8 Å². The first-order valence-electron chi connectivity index (χ1n) is 8.04. The highest BCUT2D eigenvalue weighted by Gasteiger charge is 2.10. The Morgan fingerprint density at radius 2 is 1.54 bits per heavy atom. The second-order valence-corrected chi connectivity index (χ2v) is 7.27. The Bertz CT molecular complexity index is 862. The fourth-order valence-corrected chi connectivity index (χ4v) is 2.67. The molecule has 148 valence electrons. The number of ether oxygens (including phenoxy) is 1. The van der Waals surface area contributed by atoms with Crippen molar-refractivity contribution in [1.29, 1.82) is 0 Å². The molecule has 0 aliphatic rings. The molecule has 3 N–H and O–H groups in total. The van der Waals surface area contributed by atoms with E-state index in [0.29, 0.717) is 21.5 Å². The van der Waals surface area contributed by atoms with Crippen LogP contribution in [0.5, 0.6) is 5.75 Å². The van der Waals surface area contributed by atoms with Crippen molar-refractivity contribution in [1.82, 2.24) is 10.9 Å². The predicted octanol–water partition coefficient (Wildman–Crippen LogP) is 3.70. The molecule has 0 saturated heterocycles. The van der Waals surface area contributed by atoms with Crippen LogP contribution in [0.4, 0.5) is 5.69 Å². The van der Waals surface area contributed by atoms with Crippen molar-refractivity contribution in [2.45, 2.75) is 12.8 Å². The molecule has 0 spiro atoms. The molecule has 0 unspecified atom stereocenters. The van der Waals surface area contributed by atoms with E-state index in [1.807, 2.05) is 0 Å². The first kappa shape index (κ1) is 22.0. The zero-order valence-corrected chi connectivity index (χ0v) is 17.5. The Labute approximate surface area is 179 Å². The summed E-state index contributed by atoms with van der Waals surface area (Å²) in [6.45, 7) is -0.266. The van der Waals surface area contributed by atoms with Crippen LogP contribution in [0.15, 0.2) is 46.9 Å². The number of carbonyl (C=O) groups excluding carboxylic acids is 3. The zero-order valence-electron chi connectivity index (χ0n) is 14.4. The zero-order chi connectivity index (χ0) is 20.5. The summed E-state index contributed by atoms with van der Waals surface area (Å²) in [7, 11) is 0. The number of rotatable bonds is 7. The van der Waals surface area contributed by atoms with Gasteiger partial charge in [0, 0.05) is 22.3 Å². The van der Waals surface area contributed by atoms with Gasteiger partial charge in [-0.2, -0.15) is 0 Å². The Hall–Kier alpha value is -2.29. The molecule has 0 fully saturated rings. The van der Waals surface area contributed by atoms with Crippen LogP contribution in [0.3, 0.4) is 0 Å². The summed E-state index contributed by atoms with van der Waals surface area (Å²) in [4.78, 5) is 35.3. The van der Waals surface area contributed by atoms with E-state index in [0.717, 1.165) is 4.47 Å². The molecule has 0 bridgehead atoms. The molecule has 0 aliphatic heterocycles. The Morgan fingerprint density at radius 3 is 2.21 bits per heavy atom. The SMILES string of the molecule is O=C(CCC(=O)Nc1ccc(Cl)cc1Cl)NNC(=O)COc1ccc(Br)cc1. The minimum absolute atomic E-state index is 0.0872. The molecule has 10 heteroatoms. The number of hydrogen-bond acceptors (Lipinski definition) is 4. The van der Waals surface area contributed by atoms with Crippen molar-refractivity contribution in [3.63, 3.8) is 0 Å². The van der Waals surface area contributed by atoms with Crippen molar-refractivity contribution >= 4 is 62.5 Å². The molecular formula is C18H16BrCl2N3O4. The number of benzene rings is 2. The van der Waals surface area contributed by atoms with Crippen LogP contribution in [-0.4, -0.2) is 24.3 Å². The number of carbonyl (C=O) groups is 3. The normalized spacial score (nSPS) is 10.1. The average Bonchev–Trinajstić information content (AvgIpc) is 2.66. The van der Waals surface area contributed by atoms with E-state index in [9.17, 15) is 14.4 Å². The largest absolute Gasteiger partial charge is 0.484 e. The molecule has 0 saturated carbocycles. The first-order chi connectivity index (χ1) is 13.3. The molecule has 3 amide bonds. The van der Waals surface area contributed by atoms with Gasteiger partial charge in [-0.25, -0.2) is 0 Å². The van der Waals surface area contributed by atoms with Gasteiger partial charge in [-0.3, -0.25) is 25.2 Å². The Balaban J connectivity index is 1.65. The minimum atomic E-state index is -0.534. The quantitative estimate of drug-likeness (QED) is 0.517. The molecule has 2 aromatic carbocycles. The molecule has 2 rings (SSSR count). The van der Waals surface area contributed by atoms with Crippen molar-refractivity contribution in [3.05, 3.63) is 57.0 Å². The number of anilines is 1. The van der Waals surface area contributed by atoms with Gasteiger partial charge >= 0.3 is 0 Å². The maximum atomic E-state index is 11.9. The molecule has 7 nitrogen and oxygen atoms in total. The molecular weight excluding hydrogens is 473 g/mol. The molecule has 0 aliphatic carbocycles. The minimum Gasteiger partial charge on any atom is -0.484 e. The van der Waals surface area contributed by atoms with E-state index >= 15 is 0 Å². The Morgan fingerprint density at radius 1 is 0.893 bits per heavy atom. The number of halogens is 3. The summed E-state index contributed by atoms with van der Waals surface area (Å²) in [6.07, 6.45) is -0.207. The molecule has 0 heterocycles. The number of nitrogens with one attached hydrogen (secondary N) is 3. The predicted molar refractivity (Wildman–Crippen MR) is 110 cm³/mol. The molecule has 28 heavy (non-hydrogen) atoms. The van der Waals surface area contributed by atoms with E-state index in [-0.39, 0.29) is 19.4 Å². The maximum absolute atomic E-state index is 11.9. The second-order valence-electron chi connectivity index (χ2n) is 5.51. The van der Waals surface area contributed by atoms with E-state index in [2.05, 4.69) is 32.1 Å². The highest BCUT2D eigenvalue weighted by molar-refractivity contribution is 9.10. The van der Waals surface area contributed by atoms with Gasteiger partial charge in [0.25, 0.3) is 5.91 Å². The third-order valence-electron chi connectivity index (χ3n) is 3.31. The molecule has 2 aromatic rings. The van der Waals surface area contributed by atoms with Gasteiger partial charge in [-0.1, -0.05) is 39.1 Å². The topological polar surface area (TPSA) is 96.5 Å².